The molecule has 21 heavy (non-hydrogen) atoms. The highest BCUT2D eigenvalue weighted by molar-refractivity contribution is 7.88. The van der Waals surface area contributed by atoms with E-state index in [1.54, 1.807) is 30.3 Å². The fraction of sp³-hybridized carbons (Fsp3) is 0.385. The van der Waals surface area contributed by atoms with E-state index in [9.17, 15) is 8.42 Å². The van der Waals surface area contributed by atoms with Crippen molar-refractivity contribution in [3.05, 3.63) is 29.8 Å². The molecule has 0 saturated heterocycles. The summed E-state index contributed by atoms with van der Waals surface area (Å²) in [4.78, 5) is 0.0249. The average molecular weight is 327 g/mol. The first-order chi connectivity index (χ1) is 9.89. The van der Waals surface area contributed by atoms with Crippen LogP contribution in [0.2, 0.25) is 0 Å². The number of rotatable bonds is 8. The third-order valence-electron chi connectivity index (χ3n) is 2.53. The van der Waals surface area contributed by atoms with E-state index in [4.69, 9.17) is 28.0 Å². The molecule has 1 aromatic rings. The Balaban J connectivity index is 2.94. The van der Waals surface area contributed by atoms with Gasteiger partial charge in [0.25, 0.3) is 0 Å². The molecule has 0 amide bonds. The third kappa shape index (κ3) is 5.67. The van der Waals surface area contributed by atoms with Gasteiger partial charge >= 0.3 is 0 Å². The molecule has 1 rings (SSSR count). The lowest BCUT2D eigenvalue weighted by Crippen LogP contribution is -2.38. The zero-order valence-corrected chi connectivity index (χ0v) is 13.3. The van der Waals surface area contributed by atoms with Crippen LogP contribution in [0, 0.1) is 11.3 Å². The van der Waals surface area contributed by atoms with E-state index in [2.05, 4.69) is 0 Å². The molecule has 0 heterocycles. The zero-order valence-electron chi connectivity index (χ0n) is 11.7. The summed E-state index contributed by atoms with van der Waals surface area (Å²) in [6, 6.07) is 8.62. The highest BCUT2D eigenvalue weighted by atomic mass is 32.2. The van der Waals surface area contributed by atoms with E-state index in [0.717, 1.165) is 4.31 Å². The van der Waals surface area contributed by atoms with Crippen molar-refractivity contribution < 1.29 is 13.2 Å². The van der Waals surface area contributed by atoms with Gasteiger partial charge < -0.3 is 10.5 Å². The van der Waals surface area contributed by atoms with Gasteiger partial charge in [-0.05, 0) is 24.6 Å². The molecule has 0 radical (unpaired) electrons. The molecule has 2 N–H and O–H groups in total. The maximum Gasteiger partial charge on any atom is 0.219 e. The minimum Gasteiger partial charge on any atom is -0.494 e. The summed E-state index contributed by atoms with van der Waals surface area (Å²) in [6.07, 6.45) is 0. The molecule has 0 spiro atoms. The van der Waals surface area contributed by atoms with Crippen molar-refractivity contribution in [2.75, 3.05) is 19.7 Å². The molecular formula is C13H17N3O3S2. The van der Waals surface area contributed by atoms with E-state index in [1.807, 2.05) is 6.92 Å². The summed E-state index contributed by atoms with van der Waals surface area (Å²) in [5.41, 5.74) is 5.95. The van der Waals surface area contributed by atoms with Gasteiger partial charge in [0, 0.05) is 0 Å². The van der Waals surface area contributed by atoms with Gasteiger partial charge in [0.2, 0.25) is 10.0 Å². The summed E-state index contributed by atoms with van der Waals surface area (Å²) >= 11 is 4.72. The standard InChI is InChI=1S/C13H17N3O3S2/c1-2-19-12-5-3-4-11(8-12)10-21(17,18)16(7-6-14)9-13(15)20/h3-5,8H,2,7,9-10H2,1H3,(H2,15,20). The minimum atomic E-state index is -3.68. The average Bonchev–Trinajstić information content (AvgIpc) is 2.38. The van der Waals surface area contributed by atoms with Gasteiger partial charge in [0.05, 0.1) is 30.0 Å². The Morgan fingerprint density at radius 2 is 2.24 bits per heavy atom. The van der Waals surface area contributed by atoms with Gasteiger partial charge in [-0.1, -0.05) is 24.4 Å². The number of nitriles is 1. The van der Waals surface area contributed by atoms with Crippen LogP contribution in [-0.2, 0) is 15.8 Å². The van der Waals surface area contributed by atoms with Crippen LogP contribution in [-0.4, -0.2) is 37.4 Å². The van der Waals surface area contributed by atoms with Crippen molar-refractivity contribution >= 4 is 27.2 Å². The monoisotopic (exact) mass is 327 g/mol. The predicted molar refractivity (Wildman–Crippen MR) is 84.2 cm³/mol. The van der Waals surface area contributed by atoms with Crippen molar-refractivity contribution in [1.29, 1.82) is 5.26 Å². The van der Waals surface area contributed by atoms with E-state index in [-0.39, 0.29) is 23.8 Å². The zero-order chi connectivity index (χ0) is 15.9. The summed E-state index contributed by atoms with van der Waals surface area (Å²) in [6.45, 7) is 1.92. The van der Waals surface area contributed by atoms with Crippen LogP contribution in [0.3, 0.4) is 0 Å². The minimum absolute atomic E-state index is 0.0249. The van der Waals surface area contributed by atoms with Gasteiger partial charge in [-0.15, -0.1) is 0 Å². The summed E-state index contributed by atoms with van der Waals surface area (Å²) in [5.74, 6) is 0.365. The maximum absolute atomic E-state index is 12.3. The maximum atomic E-state index is 12.3. The summed E-state index contributed by atoms with van der Waals surface area (Å²) in [7, 11) is -3.68. The molecule has 114 valence electrons. The van der Waals surface area contributed by atoms with Crippen molar-refractivity contribution in [2.45, 2.75) is 12.7 Å². The van der Waals surface area contributed by atoms with Crippen LogP contribution in [0.1, 0.15) is 12.5 Å². The number of hydrogen-bond acceptors (Lipinski definition) is 5. The van der Waals surface area contributed by atoms with E-state index in [0.29, 0.717) is 17.9 Å². The van der Waals surface area contributed by atoms with Crippen LogP contribution in [0.4, 0.5) is 0 Å². The third-order valence-corrected chi connectivity index (χ3v) is 4.40. The largest absolute Gasteiger partial charge is 0.494 e. The number of nitrogens with two attached hydrogens (primary N) is 1. The first-order valence-electron chi connectivity index (χ1n) is 6.24. The van der Waals surface area contributed by atoms with Crippen LogP contribution in [0.25, 0.3) is 0 Å². The normalized spacial score (nSPS) is 11.1. The Morgan fingerprint density at radius 1 is 1.52 bits per heavy atom. The van der Waals surface area contributed by atoms with Gasteiger partial charge in [-0.2, -0.15) is 9.57 Å². The van der Waals surface area contributed by atoms with E-state index < -0.39 is 10.0 Å². The molecule has 6 nitrogen and oxygen atoms in total. The summed E-state index contributed by atoms with van der Waals surface area (Å²) in [5, 5.41) is 8.73. The number of ether oxygens (including phenoxy) is 1. The second-order valence-corrected chi connectivity index (χ2v) is 6.72. The van der Waals surface area contributed by atoms with Crippen molar-refractivity contribution in [2.24, 2.45) is 5.73 Å². The van der Waals surface area contributed by atoms with Crippen LogP contribution < -0.4 is 10.5 Å². The van der Waals surface area contributed by atoms with Crippen LogP contribution in [0.5, 0.6) is 5.75 Å². The predicted octanol–water partition coefficient (Wildman–Crippen LogP) is 1.03. The molecule has 0 atom stereocenters. The van der Waals surface area contributed by atoms with E-state index >= 15 is 0 Å². The molecular weight excluding hydrogens is 310 g/mol. The summed E-state index contributed by atoms with van der Waals surface area (Å²) < 4.78 is 30.9. The molecule has 0 aliphatic rings. The van der Waals surface area contributed by atoms with Gasteiger partial charge in [0.15, 0.2) is 0 Å². The van der Waals surface area contributed by atoms with Gasteiger partial charge in [0.1, 0.15) is 12.3 Å². The molecule has 0 saturated carbocycles. The molecule has 0 unspecified atom stereocenters. The quantitative estimate of drug-likeness (QED) is 0.566. The van der Waals surface area contributed by atoms with Crippen LogP contribution >= 0.6 is 12.2 Å². The van der Waals surface area contributed by atoms with Crippen molar-refractivity contribution in [3.8, 4) is 11.8 Å². The Hall–Kier alpha value is -1.69. The molecule has 1 aromatic carbocycles. The highest BCUT2D eigenvalue weighted by Crippen LogP contribution is 2.17. The van der Waals surface area contributed by atoms with Gasteiger partial charge in [-0.25, -0.2) is 8.42 Å². The Labute approximate surface area is 130 Å². The lowest BCUT2D eigenvalue weighted by molar-refractivity contribution is 0.340. The fourth-order valence-electron chi connectivity index (χ4n) is 1.70. The number of nitrogens with zero attached hydrogens (tertiary/aromatic N) is 2. The Bertz CT molecular complexity index is 638. The molecule has 0 aliphatic carbocycles. The second kappa shape index (κ2) is 7.93. The van der Waals surface area contributed by atoms with Crippen molar-refractivity contribution in [3.63, 3.8) is 0 Å². The molecule has 0 aliphatic heterocycles. The Kier molecular flexibility index (Phi) is 6.55. The topological polar surface area (TPSA) is 96.4 Å². The molecule has 0 fully saturated rings. The number of hydrogen-bond donors (Lipinski definition) is 1. The number of sulfonamides is 1. The highest BCUT2D eigenvalue weighted by Gasteiger charge is 2.23. The van der Waals surface area contributed by atoms with Crippen molar-refractivity contribution in [1.82, 2.24) is 4.31 Å². The SMILES string of the molecule is CCOc1cccc(CS(=O)(=O)N(CC#N)CC(N)=S)c1. The van der Waals surface area contributed by atoms with Gasteiger partial charge in [-0.3, -0.25) is 0 Å². The number of benzene rings is 1. The first-order valence-corrected chi connectivity index (χ1v) is 8.25. The van der Waals surface area contributed by atoms with Crippen LogP contribution in [0.15, 0.2) is 24.3 Å². The Morgan fingerprint density at radius 3 is 2.81 bits per heavy atom. The molecule has 0 aromatic heterocycles. The smallest absolute Gasteiger partial charge is 0.219 e. The lowest BCUT2D eigenvalue weighted by atomic mass is 10.2. The lowest BCUT2D eigenvalue weighted by Gasteiger charge is -2.18. The first kappa shape index (κ1) is 17.4. The number of thiocarbonyl (C=S) groups is 1. The molecule has 8 heteroatoms. The fourth-order valence-corrected chi connectivity index (χ4v) is 3.31. The second-order valence-electron chi connectivity index (χ2n) is 4.23. The molecule has 0 bridgehead atoms. The van der Waals surface area contributed by atoms with E-state index in [1.165, 1.54) is 0 Å².